The van der Waals surface area contributed by atoms with Crippen LogP contribution >= 0.6 is 0 Å². The van der Waals surface area contributed by atoms with Crippen molar-refractivity contribution < 1.29 is 33.8 Å². The number of carbonyl (C=O) groups is 4. The standard InChI is InChI=1S/C25H20N2O7/c1-2-33-21-6-4-3-5-20(21)27-24(31)18-12-7-15(13-19(18)25(27)32)23(30)26-16-8-10-17(11-9-16)34-14-22(28)29/h3-13H,2,14H2,1H3,(H,26,30)(H,28,29). The second-order valence-electron chi connectivity index (χ2n) is 7.27. The van der Waals surface area contributed by atoms with E-state index in [1.54, 1.807) is 43.3 Å². The normalized spacial score (nSPS) is 12.3. The first-order valence-electron chi connectivity index (χ1n) is 10.4. The number of amides is 3. The lowest BCUT2D eigenvalue weighted by atomic mass is 10.1. The van der Waals surface area contributed by atoms with Gasteiger partial charge in [-0.25, -0.2) is 9.69 Å². The maximum absolute atomic E-state index is 13.1. The molecule has 1 aliphatic heterocycles. The number of aliphatic carboxylic acids is 1. The first-order valence-corrected chi connectivity index (χ1v) is 10.4. The van der Waals surface area contributed by atoms with Gasteiger partial charge in [0.1, 0.15) is 11.5 Å². The van der Waals surface area contributed by atoms with Gasteiger partial charge >= 0.3 is 5.97 Å². The maximum atomic E-state index is 13.1. The lowest BCUT2D eigenvalue weighted by molar-refractivity contribution is -0.139. The molecule has 0 aliphatic carbocycles. The van der Waals surface area contributed by atoms with Crippen LogP contribution in [0.3, 0.4) is 0 Å². The zero-order valence-electron chi connectivity index (χ0n) is 18.1. The zero-order chi connectivity index (χ0) is 24.2. The quantitative estimate of drug-likeness (QED) is 0.493. The predicted octanol–water partition coefficient (Wildman–Crippen LogP) is 3.60. The highest BCUT2D eigenvalue weighted by Gasteiger charge is 2.38. The topological polar surface area (TPSA) is 122 Å². The van der Waals surface area contributed by atoms with Gasteiger partial charge in [0.25, 0.3) is 17.7 Å². The predicted molar refractivity (Wildman–Crippen MR) is 123 cm³/mol. The number of carboxylic acid groups (broad SMARTS) is 1. The Bertz CT molecular complexity index is 1280. The molecule has 1 heterocycles. The van der Waals surface area contributed by atoms with E-state index < -0.39 is 30.3 Å². The fourth-order valence-electron chi connectivity index (χ4n) is 3.50. The number of fused-ring (bicyclic) bond motifs is 1. The summed E-state index contributed by atoms with van der Waals surface area (Å²) < 4.78 is 10.6. The fourth-order valence-corrected chi connectivity index (χ4v) is 3.50. The summed E-state index contributed by atoms with van der Waals surface area (Å²) in [7, 11) is 0. The van der Waals surface area contributed by atoms with E-state index >= 15 is 0 Å². The van der Waals surface area contributed by atoms with Gasteiger partial charge in [0, 0.05) is 11.3 Å². The van der Waals surface area contributed by atoms with Crippen LogP contribution in [0.2, 0.25) is 0 Å². The first kappa shape index (κ1) is 22.5. The Morgan fingerprint density at radius 2 is 1.62 bits per heavy atom. The number of hydrogen-bond donors (Lipinski definition) is 2. The average molecular weight is 460 g/mol. The van der Waals surface area contributed by atoms with Gasteiger partial charge in [-0.2, -0.15) is 0 Å². The molecule has 172 valence electrons. The first-order chi connectivity index (χ1) is 16.4. The molecule has 0 spiro atoms. The van der Waals surface area contributed by atoms with Crippen LogP contribution < -0.4 is 19.7 Å². The van der Waals surface area contributed by atoms with Gasteiger partial charge in [0.2, 0.25) is 0 Å². The van der Waals surface area contributed by atoms with E-state index in [1.165, 1.54) is 30.3 Å². The Morgan fingerprint density at radius 3 is 2.32 bits per heavy atom. The summed E-state index contributed by atoms with van der Waals surface area (Å²) in [5.74, 6) is -1.85. The summed E-state index contributed by atoms with van der Waals surface area (Å²) in [6.45, 7) is 1.71. The zero-order valence-corrected chi connectivity index (χ0v) is 18.1. The molecule has 0 atom stereocenters. The Morgan fingerprint density at radius 1 is 0.912 bits per heavy atom. The highest BCUT2D eigenvalue weighted by molar-refractivity contribution is 6.35. The van der Waals surface area contributed by atoms with Gasteiger partial charge in [-0.1, -0.05) is 12.1 Å². The van der Waals surface area contributed by atoms with Gasteiger partial charge in [-0.05, 0) is 61.5 Å². The van der Waals surface area contributed by atoms with Gasteiger partial charge < -0.3 is 19.9 Å². The molecule has 0 fully saturated rings. The van der Waals surface area contributed by atoms with Gasteiger partial charge in [0.05, 0.1) is 23.4 Å². The Balaban J connectivity index is 1.53. The lowest BCUT2D eigenvalue weighted by Crippen LogP contribution is -2.29. The van der Waals surface area contributed by atoms with E-state index in [4.69, 9.17) is 14.6 Å². The van der Waals surface area contributed by atoms with Crippen molar-refractivity contribution in [3.63, 3.8) is 0 Å². The van der Waals surface area contributed by atoms with Crippen LogP contribution in [0.15, 0.2) is 66.7 Å². The van der Waals surface area contributed by atoms with Crippen molar-refractivity contribution in [3.05, 3.63) is 83.4 Å². The number of benzene rings is 3. The van der Waals surface area contributed by atoms with Crippen molar-refractivity contribution in [2.24, 2.45) is 0 Å². The van der Waals surface area contributed by atoms with Crippen molar-refractivity contribution in [2.75, 3.05) is 23.4 Å². The van der Waals surface area contributed by atoms with Crippen LogP contribution in [-0.4, -0.2) is 42.0 Å². The number of imide groups is 1. The summed E-state index contributed by atoms with van der Waals surface area (Å²) >= 11 is 0. The summed E-state index contributed by atoms with van der Waals surface area (Å²) in [6.07, 6.45) is 0. The van der Waals surface area contributed by atoms with Crippen LogP contribution in [0.5, 0.6) is 11.5 Å². The molecule has 0 radical (unpaired) electrons. The van der Waals surface area contributed by atoms with Gasteiger partial charge in [-0.3, -0.25) is 14.4 Å². The third-order valence-electron chi connectivity index (χ3n) is 5.03. The molecule has 0 unspecified atom stereocenters. The van der Waals surface area contributed by atoms with Crippen LogP contribution in [0.4, 0.5) is 11.4 Å². The van der Waals surface area contributed by atoms with Crippen molar-refractivity contribution in [1.29, 1.82) is 0 Å². The second-order valence-corrected chi connectivity index (χ2v) is 7.27. The fraction of sp³-hybridized carbons (Fsp3) is 0.120. The Labute approximate surface area is 194 Å². The summed E-state index contributed by atoms with van der Waals surface area (Å²) in [5, 5.41) is 11.4. The van der Waals surface area contributed by atoms with Crippen molar-refractivity contribution in [2.45, 2.75) is 6.92 Å². The minimum Gasteiger partial charge on any atom is -0.492 e. The van der Waals surface area contributed by atoms with Gasteiger partial charge in [0.15, 0.2) is 6.61 Å². The molecule has 3 aromatic carbocycles. The van der Waals surface area contributed by atoms with E-state index in [9.17, 15) is 19.2 Å². The highest BCUT2D eigenvalue weighted by atomic mass is 16.5. The molecule has 2 N–H and O–H groups in total. The molecule has 3 aromatic rings. The molecule has 34 heavy (non-hydrogen) atoms. The highest BCUT2D eigenvalue weighted by Crippen LogP contribution is 2.35. The second kappa shape index (κ2) is 9.45. The largest absolute Gasteiger partial charge is 0.492 e. The number of para-hydroxylation sites is 2. The third-order valence-corrected chi connectivity index (χ3v) is 5.03. The Kier molecular flexibility index (Phi) is 6.26. The molecule has 3 amide bonds. The average Bonchev–Trinajstić information content (AvgIpc) is 3.08. The summed E-state index contributed by atoms with van der Waals surface area (Å²) in [4.78, 5) is 50.4. The lowest BCUT2D eigenvalue weighted by Gasteiger charge is -2.17. The molecule has 1 aliphatic rings. The number of carbonyl (C=O) groups excluding carboxylic acids is 3. The number of anilines is 2. The van der Waals surface area contributed by atoms with E-state index in [1.807, 2.05) is 0 Å². The van der Waals surface area contributed by atoms with Crippen molar-refractivity contribution in [1.82, 2.24) is 0 Å². The SMILES string of the molecule is CCOc1ccccc1N1C(=O)c2ccc(C(=O)Nc3ccc(OCC(=O)O)cc3)cc2C1=O. The minimum absolute atomic E-state index is 0.126. The van der Waals surface area contributed by atoms with Crippen LogP contribution in [-0.2, 0) is 4.79 Å². The molecule has 9 heteroatoms. The number of carboxylic acids is 1. The minimum atomic E-state index is -1.10. The summed E-state index contributed by atoms with van der Waals surface area (Å²) in [6, 6.07) is 17.2. The van der Waals surface area contributed by atoms with E-state index in [0.717, 1.165) is 4.90 Å². The maximum Gasteiger partial charge on any atom is 0.341 e. The monoisotopic (exact) mass is 460 g/mol. The van der Waals surface area contributed by atoms with Gasteiger partial charge in [-0.15, -0.1) is 0 Å². The third kappa shape index (κ3) is 4.44. The molecule has 0 aromatic heterocycles. The summed E-state index contributed by atoms with van der Waals surface area (Å²) in [5.41, 5.74) is 1.31. The van der Waals surface area contributed by atoms with Crippen molar-refractivity contribution >= 4 is 35.1 Å². The van der Waals surface area contributed by atoms with E-state index in [2.05, 4.69) is 5.32 Å². The van der Waals surface area contributed by atoms with Crippen LogP contribution in [0.25, 0.3) is 0 Å². The number of ether oxygens (including phenoxy) is 2. The molecular formula is C25H20N2O7. The number of rotatable bonds is 8. The van der Waals surface area contributed by atoms with E-state index in [0.29, 0.717) is 29.5 Å². The Hall–Kier alpha value is -4.66. The molecular weight excluding hydrogens is 440 g/mol. The van der Waals surface area contributed by atoms with Crippen molar-refractivity contribution in [3.8, 4) is 11.5 Å². The number of nitrogens with one attached hydrogen (secondary N) is 1. The number of hydrogen-bond acceptors (Lipinski definition) is 6. The number of nitrogens with zero attached hydrogens (tertiary/aromatic N) is 1. The van der Waals surface area contributed by atoms with Crippen LogP contribution in [0, 0.1) is 0 Å². The smallest absolute Gasteiger partial charge is 0.341 e. The molecule has 9 nitrogen and oxygen atoms in total. The molecule has 0 saturated heterocycles. The molecule has 0 bridgehead atoms. The van der Waals surface area contributed by atoms with E-state index in [-0.39, 0.29) is 16.7 Å². The van der Waals surface area contributed by atoms with Crippen LogP contribution in [0.1, 0.15) is 38.0 Å². The molecule has 0 saturated carbocycles. The molecule has 4 rings (SSSR count).